The largest absolute Gasteiger partial charge is 0.472 e. The van der Waals surface area contributed by atoms with Crippen LogP contribution in [0.4, 0.5) is 0 Å². The van der Waals surface area contributed by atoms with Crippen LogP contribution in [-0.2, 0) is 0 Å². The molecule has 6 nitrogen and oxygen atoms in total. The quantitative estimate of drug-likeness (QED) is 0.677. The van der Waals surface area contributed by atoms with Crippen LogP contribution in [0.25, 0.3) is 11.0 Å². The molecular weight excluding hydrogens is 384 g/mol. The van der Waals surface area contributed by atoms with E-state index in [4.69, 9.17) is 4.74 Å². The van der Waals surface area contributed by atoms with Crippen molar-refractivity contribution < 1.29 is 9.53 Å². The van der Waals surface area contributed by atoms with Gasteiger partial charge in [-0.1, -0.05) is 12.1 Å². The number of carbonyl (C=O) groups excluding carboxylic acids is 1. The molecule has 0 saturated carbocycles. The molecule has 2 aromatic heterocycles. The van der Waals surface area contributed by atoms with Crippen LogP contribution >= 0.6 is 15.9 Å². The maximum absolute atomic E-state index is 12.7. The number of hydrogen-bond acceptors (Lipinski definition) is 5. The molecule has 4 rings (SSSR count). The fourth-order valence-electron chi connectivity index (χ4n) is 2.85. The van der Waals surface area contributed by atoms with Crippen LogP contribution in [0.3, 0.4) is 0 Å². The highest BCUT2D eigenvalue weighted by Gasteiger charge is 2.29. The Hall–Kier alpha value is -2.54. The number of likely N-dealkylation sites (tertiary alicyclic amines) is 1. The Kier molecular flexibility index (Phi) is 4.31. The lowest BCUT2D eigenvalue weighted by molar-refractivity contribution is 0.0765. The maximum atomic E-state index is 12.7. The predicted molar refractivity (Wildman–Crippen MR) is 96.4 cm³/mol. The third-order valence-corrected chi connectivity index (χ3v) is 4.71. The first-order chi connectivity index (χ1) is 12.2. The predicted octanol–water partition coefficient (Wildman–Crippen LogP) is 3.08. The van der Waals surface area contributed by atoms with E-state index in [1.165, 1.54) is 6.20 Å². The zero-order valence-electron chi connectivity index (χ0n) is 13.3. The SMILES string of the molecule is O=C(c1cnc2ccccc2n1)N1CCC(Oc2ncccc2Br)C1. The lowest BCUT2D eigenvalue weighted by Crippen LogP contribution is -2.31. The third kappa shape index (κ3) is 3.32. The molecule has 0 bridgehead atoms. The minimum absolute atomic E-state index is 0.0800. The number of nitrogens with zero attached hydrogens (tertiary/aromatic N) is 4. The van der Waals surface area contributed by atoms with Gasteiger partial charge in [-0.2, -0.15) is 0 Å². The maximum Gasteiger partial charge on any atom is 0.274 e. The van der Waals surface area contributed by atoms with Crippen molar-refractivity contribution in [1.29, 1.82) is 0 Å². The van der Waals surface area contributed by atoms with Crippen molar-refractivity contribution in [2.24, 2.45) is 0 Å². The van der Waals surface area contributed by atoms with Crippen LogP contribution in [0.5, 0.6) is 5.88 Å². The van der Waals surface area contributed by atoms with Crippen LogP contribution in [0.1, 0.15) is 16.9 Å². The minimum atomic E-state index is -0.121. The van der Waals surface area contributed by atoms with Gasteiger partial charge in [0.25, 0.3) is 5.91 Å². The van der Waals surface area contributed by atoms with Crippen molar-refractivity contribution in [3.63, 3.8) is 0 Å². The Labute approximate surface area is 153 Å². The number of ether oxygens (including phenoxy) is 1. The van der Waals surface area contributed by atoms with Gasteiger partial charge >= 0.3 is 0 Å². The van der Waals surface area contributed by atoms with Gasteiger partial charge in [-0.3, -0.25) is 9.78 Å². The first-order valence-electron chi connectivity index (χ1n) is 7.99. The summed E-state index contributed by atoms with van der Waals surface area (Å²) in [7, 11) is 0. The molecular formula is C18H15BrN4O2. The number of rotatable bonds is 3. The summed E-state index contributed by atoms with van der Waals surface area (Å²) in [6, 6.07) is 11.2. The summed E-state index contributed by atoms with van der Waals surface area (Å²) >= 11 is 3.42. The highest BCUT2D eigenvalue weighted by atomic mass is 79.9. The van der Waals surface area contributed by atoms with E-state index in [0.717, 1.165) is 21.9 Å². The molecule has 126 valence electrons. The summed E-state index contributed by atoms with van der Waals surface area (Å²) in [5.41, 5.74) is 1.86. The monoisotopic (exact) mass is 398 g/mol. The molecule has 1 aromatic carbocycles. The van der Waals surface area contributed by atoms with Crippen LogP contribution in [0, 0.1) is 0 Å². The number of halogens is 1. The zero-order chi connectivity index (χ0) is 17.2. The molecule has 1 fully saturated rings. The Morgan fingerprint density at radius 2 is 2.00 bits per heavy atom. The molecule has 7 heteroatoms. The highest BCUT2D eigenvalue weighted by molar-refractivity contribution is 9.10. The number of aromatic nitrogens is 3. The number of amides is 1. The Morgan fingerprint density at radius 3 is 2.84 bits per heavy atom. The van der Waals surface area contributed by atoms with Gasteiger partial charge in [-0.25, -0.2) is 9.97 Å². The molecule has 0 N–H and O–H groups in total. The number of carbonyl (C=O) groups is 1. The zero-order valence-corrected chi connectivity index (χ0v) is 14.9. The van der Waals surface area contributed by atoms with Crippen LogP contribution in [-0.4, -0.2) is 45.0 Å². The number of benzene rings is 1. The minimum Gasteiger partial charge on any atom is -0.472 e. The van der Waals surface area contributed by atoms with Crippen LogP contribution < -0.4 is 4.74 Å². The molecule has 1 unspecified atom stereocenters. The van der Waals surface area contributed by atoms with Crippen LogP contribution in [0.2, 0.25) is 0 Å². The Balaban J connectivity index is 1.47. The summed E-state index contributed by atoms with van der Waals surface area (Å²) in [5.74, 6) is 0.428. The van der Waals surface area contributed by atoms with Crippen molar-refractivity contribution in [3.8, 4) is 5.88 Å². The standard InChI is InChI=1S/C18H15BrN4O2/c19-13-4-3-8-20-17(13)25-12-7-9-23(11-12)18(24)16-10-21-14-5-1-2-6-15(14)22-16/h1-6,8,10,12H,7,9,11H2. The van der Waals surface area contributed by atoms with Gasteiger partial charge in [0.2, 0.25) is 5.88 Å². The Morgan fingerprint density at radius 1 is 1.16 bits per heavy atom. The second-order valence-corrected chi connectivity index (χ2v) is 6.67. The van der Waals surface area contributed by atoms with Crippen molar-refractivity contribution in [1.82, 2.24) is 19.9 Å². The van der Waals surface area contributed by atoms with Crippen LogP contribution in [0.15, 0.2) is 53.3 Å². The smallest absolute Gasteiger partial charge is 0.274 e. The number of para-hydroxylation sites is 2. The summed E-state index contributed by atoms with van der Waals surface area (Å²) in [6.07, 6.45) is 3.90. The molecule has 1 saturated heterocycles. The van der Waals surface area contributed by atoms with Crippen molar-refractivity contribution >= 4 is 32.9 Å². The first-order valence-corrected chi connectivity index (χ1v) is 8.78. The van der Waals surface area contributed by atoms with E-state index < -0.39 is 0 Å². The molecule has 1 amide bonds. The topological polar surface area (TPSA) is 68.2 Å². The number of pyridine rings is 1. The van der Waals surface area contributed by atoms with E-state index in [2.05, 4.69) is 30.9 Å². The molecule has 1 atom stereocenters. The molecule has 3 heterocycles. The molecule has 1 aliphatic heterocycles. The average Bonchev–Trinajstić information content (AvgIpc) is 3.11. The van der Waals surface area contributed by atoms with Gasteiger partial charge in [0, 0.05) is 19.2 Å². The summed E-state index contributed by atoms with van der Waals surface area (Å²) < 4.78 is 6.71. The molecule has 0 radical (unpaired) electrons. The normalized spacial score (nSPS) is 17.0. The second-order valence-electron chi connectivity index (χ2n) is 5.81. The lowest BCUT2D eigenvalue weighted by atomic mass is 10.3. The van der Waals surface area contributed by atoms with Gasteiger partial charge in [0.1, 0.15) is 11.8 Å². The van der Waals surface area contributed by atoms with Gasteiger partial charge in [0.05, 0.1) is 28.2 Å². The van der Waals surface area contributed by atoms with Crippen molar-refractivity contribution in [2.45, 2.75) is 12.5 Å². The molecule has 0 aliphatic carbocycles. The lowest BCUT2D eigenvalue weighted by Gasteiger charge is -2.17. The van der Waals surface area contributed by atoms with E-state index in [0.29, 0.717) is 24.7 Å². The van der Waals surface area contributed by atoms with Gasteiger partial charge < -0.3 is 9.64 Å². The third-order valence-electron chi connectivity index (χ3n) is 4.10. The fraction of sp³-hybridized carbons (Fsp3) is 0.222. The van der Waals surface area contributed by atoms with E-state index in [1.807, 2.05) is 36.4 Å². The fourth-order valence-corrected chi connectivity index (χ4v) is 3.20. The average molecular weight is 399 g/mol. The second kappa shape index (κ2) is 6.76. The molecule has 1 aliphatic rings. The van der Waals surface area contributed by atoms with Gasteiger partial charge in [0.15, 0.2) is 0 Å². The molecule has 25 heavy (non-hydrogen) atoms. The molecule has 0 spiro atoms. The van der Waals surface area contributed by atoms with E-state index in [1.54, 1.807) is 11.1 Å². The summed E-state index contributed by atoms with van der Waals surface area (Å²) in [5, 5.41) is 0. The van der Waals surface area contributed by atoms with E-state index in [-0.39, 0.29) is 12.0 Å². The van der Waals surface area contributed by atoms with Gasteiger partial charge in [-0.15, -0.1) is 0 Å². The Bertz CT molecular complexity index is 934. The summed E-state index contributed by atoms with van der Waals surface area (Å²) in [6.45, 7) is 1.14. The summed E-state index contributed by atoms with van der Waals surface area (Å²) in [4.78, 5) is 27.4. The van der Waals surface area contributed by atoms with E-state index in [9.17, 15) is 4.79 Å². The number of hydrogen-bond donors (Lipinski definition) is 0. The molecule has 3 aromatic rings. The number of fused-ring (bicyclic) bond motifs is 1. The highest BCUT2D eigenvalue weighted by Crippen LogP contribution is 2.25. The van der Waals surface area contributed by atoms with E-state index >= 15 is 0 Å². The first kappa shape index (κ1) is 16.0. The van der Waals surface area contributed by atoms with Crippen molar-refractivity contribution in [3.05, 3.63) is 59.0 Å². The van der Waals surface area contributed by atoms with Crippen molar-refractivity contribution in [2.75, 3.05) is 13.1 Å². The van der Waals surface area contributed by atoms with Gasteiger partial charge in [-0.05, 0) is 40.2 Å².